The lowest BCUT2D eigenvalue weighted by atomic mass is 10.1. The molecule has 9 heteroatoms. The third-order valence-electron chi connectivity index (χ3n) is 5.25. The van der Waals surface area contributed by atoms with Crippen LogP contribution in [-0.2, 0) is 24.4 Å². The van der Waals surface area contributed by atoms with E-state index in [0.717, 1.165) is 22.9 Å². The molecule has 0 unspecified atom stereocenters. The first kappa shape index (κ1) is 24.5. The van der Waals surface area contributed by atoms with Crippen molar-refractivity contribution in [3.63, 3.8) is 0 Å². The average molecular weight is 604 g/mol. The Hall–Kier alpha value is -2.67. The highest BCUT2D eigenvalue weighted by atomic mass is 79.9. The minimum atomic E-state index is -0.541. The van der Waals surface area contributed by atoms with E-state index in [4.69, 9.17) is 4.74 Å². The van der Waals surface area contributed by atoms with Crippen molar-refractivity contribution in [2.75, 3.05) is 0 Å². The molecule has 1 aliphatic heterocycles. The van der Waals surface area contributed by atoms with Crippen molar-refractivity contribution in [1.82, 2.24) is 4.90 Å². The lowest BCUT2D eigenvalue weighted by Gasteiger charge is -2.15. The highest BCUT2D eigenvalue weighted by Gasteiger charge is 2.39. The van der Waals surface area contributed by atoms with Crippen molar-refractivity contribution < 1.29 is 18.7 Å². The van der Waals surface area contributed by atoms with Crippen LogP contribution in [-0.4, -0.2) is 21.3 Å². The summed E-state index contributed by atoms with van der Waals surface area (Å²) < 4.78 is 20.5. The van der Waals surface area contributed by atoms with Crippen molar-refractivity contribution in [2.24, 2.45) is 0 Å². The van der Waals surface area contributed by atoms with E-state index >= 15 is 0 Å². The van der Waals surface area contributed by atoms with Gasteiger partial charge < -0.3 is 4.74 Å². The van der Waals surface area contributed by atoms with Crippen LogP contribution >= 0.6 is 43.6 Å². The highest BCUT2D eigenvalue weighted by Crippen LogP contribution is 2.38. The third-order valence-corrected chi connectivity index (χ3v) is 7.50. The number of carbonyl (C=O) groups is 2. The largest absolute Gasteiger partial charge is 0.486 e. The molecule has 4 rings (SSSR count). The summed E-state index contributed by atoms with van der Waals surface area (Å²) >= 11 is 8.05. The van der Waals surface area contributed by atoms with Gasteiger partial charge in [-0.3, -0.25) is 14.5 Å². The zero-order valence-corrected chi connectivity index (χ0v) is 21.6. The number of halogens is 3. The molecular formula is C25H17Br2FN2O3S. The van der Waals surface area contributed by atoms with Crippen LogP contribution in [0, 0.1) is 17.1 Å². The van der Waals surface area contributed by atoms with E-state index in [1.54, 1.807) is 24.3 Å². The van der Waals surface area contributed by atoms with E-state index in [0.29, 0.717) is 32.2 Å². The van der Waals surface area contributed by atoms with Crippen molar-refractivity contribution in [2.45, 2.75) is 24.8 Å². The van der Waals surface area contributed by atoms with Crippen molar-refractivity contribution >= 4 is 54.8 Å². The number of hydrogen-bond acceptors (Lipinski definition) is 5. The molecule has 0 N–H and O–H groups in total. The van der Waals surface area contributed by atoms with Gasteiger partial charge in [0.05, 0.1) is 32.4 Å². The fourth-order valence-electron chi connectivity index (χ4n) is 3.53. The average Bonchev–Trinajstić information content (AvgIpc) is 3.07. The summed E-state index contributed by atoms with van der Waals surface area (Å²) in [5.41, 5.74) is 2.87. The Bertz CT molecular complexity index is 1270. The number of rotatable bonds is 7. The Labute approximate surface area is 217 Å². The first-order chi connectivity index (χ1) is 16.4. The molecule has 0 bridgehead atoms. The van der Waals surface area contributed by atoms with E-state index < -0.39 is 5.25 Å². The Morgan fingerprint density at radius 1 is 1.03 bits per heavy atom. The number of nitriles is 1. The molecule has 1 heterocycles. The van der Waals surface area contributed by atoms with Crippen LogP contribution in [0.5, 0.6) is 5.75 Å². The normalized spacial score (nSPS) is 15.5. The Morgan fingerprint density at radius 2 is 1.71 bits per heavy atom. The lowest BCUT2D eigenvalue weighted by Crippen LogP contribution is -2.31. The number of thioether (sulfide) groups is 1. The van der Waals surface area contributed by atoms with Crippen LogP contribution in [0.25, 0.3) is 0 Å². The Balaban J connectivity index is 1.44. The number of hydrogen-bond donors (Lipinski definition) is 0. The molecule has 172 valence electrons. The molecule has 1 saturated heterocycles. The highest BCUT2D eigenvalue weighted by molar-refractivity contribution is 9.11. The maximum absolute atomic E-state index is 13.1. The molecule has 1 fully saturated rings. The molecular weight excluding hydrogens is 587 g/mol. The number of carbonyl (C=O) groups excluding carboxylic acids is 2. The standard InChI is InChI=1S/C25H17Br2FN2O3S/c26-20-9-16(10-21(27)23(20)33-14-18-4-2-1-3-17(18)12-29)11-22-24(31)30(25(32)34-22)13-15-5-7-19(28)8-6-15/h1-10,22H,11,13-14H2/t22-/m1/s1. The van der Waals surface area contributed by atoms with Gasteiger partial charge in [-0.2, -0.15) is 5.26 Å². The topological polar surface area (TPSA) is 70.4 Å². The molecule has 0 aliphatic carbocycles. The van der Waals surface area contributed by atoms with Crippen molar-refractivity contribution in [3.8, 4) is 11.8 Å². The molecule has 3 aromatic carbocycles. The van der Waals surface area contributed by atoms with Gasteiger partial charge in [-0.25, -0.2) is 4.39 Å². The minimum absolute atomic E-state index is 0.117. The van der Waals surface area contributed by atoms with E-state index in [1.807, 2.05) is 24.3 Å². The van der Waals surface area contributed by atoms with Gasteiger partial charge in [0.25, 0.3) is 5.24 Å². The second kappa shape index (κ2) is 10.7. The predicted molar refractivity (Wildman–Crippen MR) is 135 cm³/mol. The summed E-state index contributed by atoms with van der Waals surface area (Å²) in [6.45, 7) is 0.343. The molecule has 3 aromatic rings. The summed E-state index contributed by atoms with van der Waals surface area (Å²) in [5, 5.41) is 8.40. The zero-order chi connectivity index (χ0) is 24.2. The summed E-state index contributed by atoms with van der Waals surface area (Å²) in [6, 6.07) is 18.8. The number of ether oxygens (including phenoxy) is 1. The molecule has 1 atom stereocenters. The smallest absolute Gasteiger partial charge is 0.289 e. The van der Waals surface area contributed by atoms with Crippen LogP contribution in [0.2, 0.25) is 0 Å². The fraction of sp³-hybridized carbons (Fsp3) is 0.160. The minimum Gasteiger partial charge on any atom is -0.486 e. The zero-order valence-electron chi connectivity index (χ0n) is 17.6. The second-order valence-electron chi connectivity index (χ2n) is 7.57. The Morgan fingerprint density at radius 3 is 2.38 bits per heavy atom. The van der Waals surface area contributed by atoms with Gasteiger partial charge in [-0.1, -0.05) is 42.1 Å². The molecule has 0 spiro atoms. The molecule has 1 aliphatic rings. The number of amides is 2. The maximum Gasteiger partial charge on any atom is 0.289 e. The molecule has 0 radical (unpaired) electrons. The van der Waals surface area contributed by atoms with Gasteiger partial charge in [0.15, 0.2) is 0 Å². The molecule has 0 aromatic heterocycles. The number of imide groups is 1. The summed E-state index contributed by atoms with van der Waals surface area (Å²) in [5.74, 6) is -0.0520. The molecule has 34 heavy (non-hydrogen) atoms. The first-order valence-corrected chi connectivity index (χ1v) is 12.7. The van der Waals surface area contributed by atoms with Crippen LogP contribution in [0.1, 0.15) is 22.3 Å². The van der Waals surface area contributed by atoms with Gasteiger partial charge in [-0.05, 0) is 79.7 Å². The second-order valence-corrected chi connectivity index (χ2v) is 10.4. The maximum atomic E-state index is 13.1. The van der Waals surface area contributed by atoms with E-state index in [9.17, 15) is 19.2 Å². The molecule has 0 saturated carbocycles. The van der Waals surface area contributed by atoms with Crippen molar-refractivity contribution in [3.05, 3.63) is 97.7 Å². The van der Waals surface area contributed by atoms with E-state index in [-0.39, 0.29) is 30.1 Å². The fourth-order valence-corrected chi connectivity index (χ4v) is 6.07. The van der Waals surface area contributed by atoms with Crippen molar-refractivity contribution in [1.29, 1.82) is 5.26 Å². The number of nitrogens with zero attached hydrogens (tertiary/aromatic N) is 2. The van der Waals surface area contributed by atoms with E-state index in [1.165, 1.54) is 17.0 Å². The Kier molecular flexibility index (Phi) is 7.71. The van der Waals surface area contributed by atoms with Crippen LogP contribution in [0.15, 0.2) is 69.6 Å². The summed E-state index contributed by atoms with van der Waals surface area (Å²) in [4.78, 5) is 26.5. The van der Waals surface area contributed by atoms with Gasteiger partial charge in [0.2, 0.25) is 5.91 Å². The van der Waals surface area contributed by atoms with Gasteiger partial charge in [0, 0.05) is 5.56 Å². The van der Waals surface area contributed by atoms with Crippen LogP contribution < -0.4 is 4.74 Å². The third kappa shape index (κ3) is 5.52. The van der Waals surface area contributed by atoms with Gasteiger partial charge in [0.1, 0.15) is 18.2 Å². The van der Waals surface area contributed by atoms with Gasteiger partial charge in [-0.15, -0.1) is 0 Å². The van der Waals surface area contributed by atoms with Crippen LogP contribution in [0.3, 0.4) is 0 Å². The molecule has 2 amide bonds. The quantitative estimate of drug-likeness (QED) is 0.304. The summed E-state index contributed by atoms with van der Waals surface area (Å²) in [6.07, 6.45) is 0.365. The van der Waals surface area contributed by atoms with Crippen LogP contribution in [0.4, 0.5) is 9.18 Å². The lowest BCUT2D eigenvalue weighted by molar-refractivity contribution is -0.127. The monoisotopic (exact) mass is 602 g/mol. The SMILES string of the molecule is N#Cc1ccccc1COc1c(Br)cc(C[C@H]2SC(=O)N(Cc3ccc(F)cc3)C2=O)cc1Br. The summed E-state index contributed by atoms with van der Waals surface area (Å²) in [7, 11) is 0. The predicted octanol–water partition coefficient (Wildman–Crippen LogP) is 6.61. The number of benzene rings is 3. The van der Waals surface area contributed by atoms with Gasteiger partial charge >= 0.3 is 0 Å². The first-order valence-electron chi connectivity index (χ1n) is 10.2. The van der Waals surface area contributed by atoms with E-state index in [2.05, 4.69) is 37.9 Å². The molecule has 5 nitrogen and oxygen atoms in total.